The second-order valence-corrected chi connectivity index (χ2v) is 11.2. The highest BCUT2D eigenvalue weighted by atomic mass is 32.2. The highest BCUT2D eigenvalue weighted by molar-refractivity contribution is 8.00. The van der Waals surface area contributed by atoms with Gasteiger partial charge in [0.1, 0.15) is 4.83 Å². The molecule has 1 aliphatic rings. The molecule has 172 valence electrons. The first-order valence-electron chi connectivity index (χ1n) is 10.8. The molecule has 0 radical (unpaired) electrons. The zero-order chi connectivity index (χ0) is 23.2. The predicted molar refractivity (Wildman–Crippen MR) is 136 cm³/mol. The lowest BCUT2D eigenvalue weighted by Crippen LogP contribution is -2.33. The molecule has 1 unspecified atom stereocenters. The molecule has 3 aromatic heterocycles. The molecule has 0 saturated carbocycles. The second-order valence-electron chi connectivity index (χ2n) is 8.40. The summed E-state index contributed by atoms with van der Waals surface area (Å²) in [5, 5.41) is 14.5. The van der Waals surface area contributed by atoms with E-state index in [1.54, 1.807) is 23.1 Å². The number of rotatable bonds is 6. The molecule has 1 atom stereocenters. The van der Waals surface area contributed by atoms with E-state index in [1.807, 2.05) is 41.8 Å². The second kappa shape index (κ2) is 8.90. The van der Waals surface area contributed by atoms with Gasteiger partial charge in [-0.3, -0.25) is 4.79 Å². The summed E-state index contributed by atoms with van der Waals surface area (Å²) in [5.74, 6) is 0.161. The summed E-state index contributed by atoms with van der Waals surface area (Å²) in [6.07, 6.45) is 3.78. The van der Waals surface area contributed by atoms with E-state index in [9.17, 15) is 4.79 Å². The van der Waals surface area contributed by atoms with Crippen molar-refractivity contribution in [3.8, 4) is 0 Å². The van der Waals surface area contributed by atoms with Crippen molar-refractivity contribution in [3.63, 3.8) is 0 Å². The Bertz CT molecular complexity index is 1350. The van der Waals surface area contributed by atoms with Crippen molar-refractivity contribution in [1.82, 2.24) is 19.6 Å². The third-order valence-electron chi connectivity index (χ3n) is 6.02. The average Bonchev–Trinajstić information content (AvgIpc) is 3.39. The minimum Gasteiger partial charge on any atom is -0.369 e. The van der Waals surface area contributed by atoms with Gasteiger partial charge in [0.2, 0.25) is 5.91 Å². The molecular weight excluding hydrogens is 474 g/mol. The van der Waals surface area contributed by atoms with Gasteiger partial charge in [0.05, 0.1) is 23.3 Å². The molecule has 0 spiro atoms. The Hall–Kier alpha value is -2.14. The van der Waals surface area contributed by atoms with Gasteiger partial charge < -0.3 is 10.1 Å². The smallest absolute Gasteiger partial charge is 0.234 e. The summed E-state index contributed by atoms with van der Waals surface area (Å²) < 4.78 is 8.14. The first-order chi connectivity index (χ1) is 15.9. The Balaban J connectivity index is 1.47. The number of aryl methyl sites for hydroxylation is 1. The maximum absolute atomic E-state index is 12.5. The highest BCUT2D eigenvalue weighted by Gasteiger charge is 2.33. The van der Waals surface area contributed by atoms with Gasteiger partial charge in [-0.25, -0.2) is 9.38 Å². The number of thiophene rings is 1. The quantitative estimate of drug-likeness (QED) is 0.283. The largest absolute Gasteiger partial charge is 0.369 e. The molecular formula is C23H25N5O2S3. The molecule has 1 aromatic carbocycles. The Morgan fingerprint density at radius 1 is 1.27 bits per heavy atom. The highest BCUT2D eigenvalue weighted by Crippen LogP contribution is 2.42. The Kier molecular flexibility index (Phi) is 6.11. The van der Waals surface area contributed by atoms with Crippen LogP contribution in [0.25, 0.3) is 15.9 Å². The van der Waals surface area contributed by atoms with Gasteiger partial charge in [0.25, 0.3) is 0 Å². The van der Waals surface area contributed by atoms with Crippen LogP contribution in [0.3, 0.4) is 0 Å². The van der Waals surface area contributed by atoms with Gasteiger partial charge in [-0.15, -0.1) is 21.5 Å². The number of nitrogens with zero attached hydrogens (tertiary/aromatic N) is 4. The first kappa shape index (κ1) is 22.6. The minimum atomic E-state index is -0.179. The Morgan fingerprint density at radius 3 is 2.79 bits per heavy atom. The van der Waals surface area contributed by atoms with Crippen LogP contribution in [0.1, 0.15) is 36.3 Å². The van der Waals surface area contributed by atoms with Crippen LogP contribution in [0.2, 0.25) is 0 Å². The first-order valence-corrected chi connectivity index (χ1v) is 13.8. The molecule has 1 N–H and O–H groups in total. The molecule has 0 aliphatic carbocycles. The number of benzene rings is 1. The molecule has 5 rings (SSSR count). The number of aromatic nitrogens is 4. The molecule has 33 heavy (non-hydrogen) atoms. The van der Waals surface area contributed by atoms with Crippen LogP contribution in [0, 0.1) is 6.92 Å². The molecule has 1 amide bonds. The van der Waals surface area contributed by atoms with Crippen molar-refractivity contribution in [2.24, 2.45) is 0 Å². The number of amides is 1. The van der Waals surface area contributed by atoms with Crippen LogP contribution in [0.5, 0.6) is 0 Å². The molecule has 4 aromatic rings. The minimum absolute atomic E-state index is 0.0795. The lowest BCUT2D eigenvalue weighted by atomic mass is 9.90. The number of carbonyl (C=O) groups is 1. The number of hydrogen-bond donors (Lipinski definition) is 1. The lowest BCUT2D eigenvalue weighted by molar-refractivity contribution is -0.113. The molecule has 10 heteroatoms. The number of thioether (sulfide) groups is 2. The van der Waals surface area contributed by atoms with Gasteiger partial charge in [0, 0.05) is 17.0 Å². The van der Waals surface area contributed by atoms with Gasteiger partial charge in [0.15, 0.2) is 16.0 Å². The van der Waals surface area contributed by atoms with E-state index in [4.69, 9.17) is 9.72 Å². The number of anilines is 1. The van der Waals surface area contributed by atoms with Crippen molar-refractivity contribution in [2.75, 3.05) is 17.3 Å². The normalized spacial score (nSPS) is 18.1. The van der Waals surface area contributed by atoms with Crippen molar-refractivity contribution in [2.45, 2.75) is 56.1 Å². The number of hydrogen-bond acceptors (Lipinski definition) is 8. The van der Waals surface area contributed by atoms with Crippen LogP contribution in [-0.2, 0) is 22.6 Å². The molecule has 7 nitrogen and oxygen atoms in total. The van der Waals surface area contributed by atoms with E-state index in [0.717, 1.165) is 45.1 Å². The molecule has 0 bridgehead atoms. The van der Waals surface area contributed by atoms with E-state index in [-0.39, 0.29) is 17.3 Å². The maximum Gasteiger partial charge on any atom is 0.234 e. The van der Waals surface area contributed by atoms with E-state index in [1.165, 1.54) is 22.2 Å². The third-order valence-corrected chi connectivity index (χ3v) is 8.69. The number of fused-ring (bicyclic) bond motifs is 5. The SMILES string of the molecule is CCC1(C)Cc2c(sc3nc(SC)n4c(SCC(=O)Nc5ccc(C)cc5)nnc4c23)CO1. The van der Waals surface area contributed by atoms with E-state index in [0.29, 0.717) is 11.8 Å². The number of ether oxygens (including phenoxy) is 1. The fourth-order valence-electron chi connectivity index (χ4n) is 3.94. The van der Waals surface area contributed by atoms with Crippen molar-refractivity contribution in [1.29, 1.82) is 0 Å². The third kappa shape index (κ3) is 4.25. The van der Waals surface area contributed by atoms with E-state index >= 15 is 0 Å². The van der Waals surface area contributed by atoms with E-state index < -0.39 is 0 Å². The summed E-state index contributed by atoms with van der Waals surface area (Å²) in [6, 6.07) is 7.77. The van der Waals surface area contributed by atoms with Crippen LogP contribution in [0.4, 0.5) is 5.69 Å². The summed E-state index contributed by atoms with van der Waals surface area (Å²) in [5.41, 5.74) is 3.85. The maximum atomic E-state index is 12.5. The molecule has 4 heterocycles. The van der Waals surface area contributed by atoms with Gasteiger partial charge >= 0.3 is 0 Å². The summed E-state index contributed by atoms with van der Waals surface area (Å²) in [6.45, 7) is 6.95. The van der Waals surface area contributed by atoms with Gasteiger partial charge in [-0.2, -0.15) is 0 Å². The van der Waals surface area contributed by atoms with Crippen molar-refractivity contribution in [3.05, 3.63) is 40.3 Å². The van der Waals surface area contributed by atoms with Crippen molar-refractivity contribution >= 4 is 62.3 Å². The molecule has 0 fully saturated rings. The monoisotopic (exact) mass is 499 g/mol. The lowest BCUT2D eigenvalue weighted by Gasteiger charge is -2.32. The average molecular weight is 500 g/mol. The summed E-state index contributed by atoms with van der Waals surface area (Å²) >= 11 is 4.61. The molecule has 0 saturated heterocycles. The Morgan fingerprint density at radius 2 is 2.06 bits per heavy atom. The van der Waals surface area contributed by atoms with Crippen molar-refractivity contribution < 1.29 is 9.53 Å². The van der Waals surface area contributed by atoms with Crippen LogP contribution in [0.15, 0.2) is 34.6 Å². The Labute approximate surface area is 204 Å². The van der Waals surface area contributed by atoms with Crippen LogP contribution in [-0.4, -0.2) is 43.1 Å². The zero-order valence-corrected chi connectivity index (χ0v) is 21.4. The van der Waals surface area contributed by atoms with Gasteiger partial charge in [-0.1, -0.05) is 48.1 Å². The van der Waals surface area contributed by atoms with Crippen LogP contribution >= 0.6 is 34.9 Å². The van der Waals surface area contributed by atoms with E-state index in [2.05, 4.69) is 29.4 Å². The fourth-order valence-corrected chi connectivity index (χ4v) is 6.42. The molecule has 1 aliphatic heterocycles. The topological polar surface area (TPSA) is 81.4 Å². The zero-order valence-electron chi connectivity index (χ0n) is 19.0. The standard InChI is InChI=1S/C23H25N5O2S3/c1-5-23(3)10-15-16(11-30-23)33-20-18(15)19-26-27-22(28(19)21(25-20)31-4)32-12-17(29)24-14-8-6-13(2)7-9-14/h6-9H,5,10-12H2,1-4H3,(H,24,29). The summed E-state index contributed by atoms with van der Waals surface area (Å²) in [7, 11) is 0. The number of nitrogens with one attached hydrogen (secondary N) is 1. The van der Waals surface area contributed by atoms with Crippen LogP contribution < -0.4 is 5.32 Å². The predicted octanol–water partition coefficient (Wildman–Crippen LogP) is 5.34. The van der Waals surface area contributed by atoms with Gasteiger partial charge in [-0.05, 0) is 44.2 Å². The fraction of sp³-hybridized carbons (Fsp3) is 0.391. The summed E-state index contributed by atoms with van der Waals surface area (Å²) in [4.78, 5) is 19.7. The number of carbonyl (C=O) groups excluding carboxylic acids is 1.